The number of carboxylic acids is 1. The molecule has 1 aromatic rings. The Morgan fingerprint density at radius 2 is 1.71 bits per heavy atom. The second-order valence-electron chi connectivity index (χ2n) is 3.11. The molecule has 96 valence electrons. The molecule has 0 atom stereocenters. The zero-order valence-electron chi connectivity index (χ0n) is 9.23. The maximum Gasteiger partial charge on any atom is 0.340 e. The van der Waals surface area contributed by atoms with Gasteiger partial charge in [0.1, 0.15) is 18.1 Å². The normalized spacial score (nSPS) is 10.7. The van der Waals surface area contributed by atoms with Gasteiger partial charge in [0.15, 0.2) is 4.90 Å². The summed E-state index contributed by atoms with van der Waals surface area (Å²) < 4.78 is 8.77. The van der Waals surface area contributed by atoms with Crippen LogP contribution in [0.3, 0.4) is 0 Å². The number of hydrogen-bond donors (Lipinski definition) is 3. The minimum Gasteiger partial charge on any atom is -0.756 e. The van der Waals surface area contributed by atoms with Gasteiger partial charge in [-0.2, -0.15) is 0 Å². The molecule has 0 saturated carbocycles. The van der Waals surface area contributed by atoms with Crippen LogP contribution in [0.25, 0.3) is 0 Å². The summed E-state index contributed by atoms with van der Waals surface area (Å²) in [5.41, 5.74) is 0.422. The average Bonchev–Trinajstić information content (AvgIpc) is 2.15. The van der Waals surface area contributed by atoms with Gasteiger partial charge in [0.25, 0.3) is 7.82 Å². The van der Waals surface area contributed by atoms with Crippen LogP contribution < -0.4 is 4.89 Å². The number of carboxylic acid groups (broad SMARTS) is 1. The van der Waals surface area contributed by atoms with Crippen molar-refractivity contribution in [3.05, 3.63) is 29.8 Å². The third-order valence-corrected chi connectivity index (χ3v) is 2.79. The molecule has 0 radical (unpaired) electrons. The van der Waals surface area contributed by atoms with Crippen LogP contribution >= 0.6 is 7.82 Å². The number of aromatic carboxylic acids is 1. The lowest BCUT2D eigenvalue weighted by Crippen LogP contribution is -2.06. The third-order valence-electron chi connectivity index (χ3n) is 1.56. The molecule has 0 saturated heterocycles. The maximum atomic E-state index is 10.7. The van der Waals surface area contributed by atoms with Crippen LogP contribution in [0.15, 0.2) is 29.2 Å². The molecular formula is C9H13O6PS. The third kappa shape index (κ3) is 7.95. The minimum atomic E-state index is -4.89. The van der Waals surface area contributed by atoms with Crippen molar-refractivity contribution in [3.8, 4) is 0 Å². The van der Waals surface area contributed by atoms with E-state index in [4.69, 9.17) is 24.4 Å². The highest BCUT2D eigenvalue weighted by molar-refractivity contribution is 7.95. The van der Waals surface area contributed by atoms with Gasteiger partial charge < -0.3 is 19.8 Å². The van der Waals surface area contributed by atoms with E-state index in [0.717, 1.165) is 4.90 Å². The van der Waals surface area contributed by atoms with Gasteiger partial charge >= 0.3 is 5.97 Å². The average molecular weight is 280 g/mol. The number of carbonyl (C=O) groups is 1. The molecule has 0 amide bonds. The molecule has 0 fully saturated rings. The van der Waals surface area contributed by atoms with Crippen molar-refractivity contribution in [1.29, 1.82) is 0 Å². The van der Waals surface area contributed by atoms with Crippen LogP contribution in [0.4, 0.5) is 0 Å². The Hall–Kier alpha value is -0.850. The van der Waals surface area contributed by atoms with E-state index in [9.17, 15) is 4.79 Å². The molecule has 0 bridgehead atoms. The van der Waals surface area contributed by atoms with Crippen LogP contribution in [0.5, 0.6) is 0 Å². The van der Waals surface area contributed by atoms with E-state index >= 15 is 0 Å². The van der Waals surface area contributed by atoms with E-state index in [1.807, 2.05) is 24.6 Å². The molecule has 6 nitrogen and oxygen atoms in total. The second-order valence-corrected chi connectivity index (χ2v) is 6.16. The lowest BCUT2D eigenvalue weighted by molar-refractivity contribution is -0.214. The fourth-order valence-electron chi connectivity index (χ4n) is 0.999. The first kappa shape index (κ1) is 16.1. The zero-order valence-corrected chi connectivity index (χ0v) is 10.9. The van der Waals surface area contributed by atoms with Gasteiger partial charge in [-0.15, -0.1) is 0 Å². The van der Waals surface area contributed by atoms with Crippen LogP contribution in [0.2, 0.25) is 0 Å². The molecule has 0 unspecified atom stereocenters. The standard InChI is InChI=1S/C9H10O2S.H3O4P/c1-12(2)8-6-4-3-5-7(8)9(10)11;1-5(2,3)4/h3-6H,1-2H3;(H3,1,2,3,4). The van der Waals surface area contributed by atoms with Gasteiger partial charge in [0, 0.05) is 10.9 Å². The summed E-state index contributed by atoms with van der Waals surface area (Å²) in [6, 6.07) is 7.13. The number of rotatable bonds is 2. The fourth-order valence-corrected chi connectivity index (χ4v) is 1.95. The molecule has 0 aliphatic carbocycles. The van der Waals surface area contributed by atoms with E-state index in [1.165, 1.54) is 0 Å². The molecule has 1 aromatic carbocycles. The first-order valence-electron chi connectivity index (χ1n) is 4.29. The Labute approximate surface area is 102 Å². The van der Waals surface area contributed by atoms with Gasteiger partial charge in [-0.3, -0.25) is 4.57 Å². The summed E-state index contributed by atoms with van der Waals surface area (Å²) in [4.78, 5) is 34.6. The van der Waals surface area contributed by atoms with E-state index in [2.05, 4.69) is 0 Å². The van der Waals surface area contributed by atoms with Crippen LogP contribution in [-0.2, 0) is 15.5 Å². The van der Waals surface area contributed by atoms with E-state index in [0.29, 0.717) is 5.56 Å². The number of benzene rings is 1. The van der Waals surface area contributed by atoms with Crippen LogP contribution in [-0.4, -0.2) is 33.4 Å². The molecule has 17 heavy (non-hydrogen) atoms. The predicted molar refractivity (Wildman–Crippen MR) is 62.9 cm³/mol. The minimum absolute atomic E-state index is 0.00809. The summed E-state index contributed by atoms with van der Waals surface area (Å²) >= 11 is 0. The van der Waals surface area contributed by atoms with Crippen LogP contribution in [0.1, 0.15) is 10.4 Å². The lowest BCUT2D eigenvalue weighted by Gasteiger charge is -2.01. The molecule has 0 aromatic heterocycles. The zero-order chi connectivity index (χ0) is 13.6. The molecule has 3 N–H and O–H groups in total. The summed E-state index contributed by atoms with van der Waals surface area (Å²) in [6.07, 6.45) is 4.03. The summed E-state index contributed by atoms with van der Waals surface area (Å²) in [5.74, 6) is -0.841. The van der Waals surface area contributed by atoms with Gasteiger partial charge in [0.05, 0.1) is 0 Å². The van der Waals surface area contributed by atoms with Crippen molar-refractivity contribution in [2.75, 3.05) is 12.5 Å². The van der Waals surface area contributed by atoms with E-state index in [-0.39, 0.29) is 10.9 Å². The molecule has 1 rings (SSSR count). The van der Waals surface area contributed by atoms with Gasteiger partial charge in [-0.05, 0) is 12.1 Å². The molecule has 0 aliphatic rings. The van der Waals surface area contributed by atoms with E-state index in [1.54, 1.807) is 12.1 Å². The van der Waals surface area contributed by atoms with Crippen molar-refractivity contribution in [3.63, 3.8) is 0 Å². The lowest BCUT2D eigenvalue weighted by atomic mass is 10.2. The monoisotopic (exact) mass is 280 g/mol. The first-order chi connectivity index (χ1) is 7.63. The fraction of sp³-hybridized carbons (Fsp3) is 0.222. The smallest absolute Gasteiger partial charge is 0.340 e. The quantitative estimate of drug-likeness (QED) is 0.521. The Balaban J connectivity index is 0.000000437. The molecule has 0 heterocycles. The van der Waals surface area contributed by atoms with Crippen molar-refractivity contribution in [2.24, 2.45) is 0 Å². The molecule has 0 aliphatic heterocycles. The van der Waals surface area contributed by atoms with Crippen LogP contribution in [0, 0.1) is 0 Å². The maximum absolute atomic E-state index is 10.7. The SMILES string of the molecule is C[S+](C)c1ccccc1C(=O)O.O=P([O-])(O)O. The highest BCUT2D eigenvalue weighted by Crippen LogP contribution is 2.19. The summed E-state index contributed by atoms with van der Waals surface area (Å²) in [7, 11) is -4.88. The summed E-state index contributed by atoms with van der Waals surface area (Å²) in [6.45, 7) is 0. The first-order valence-corrected chi connectivity index (χ1v) is 7.86. The van der Waals surface area contributed by atoms with Crippen molar-refractivity contribution in [1.82, 2.24) is 0 Å². The van der Waals surface area contributed by atoms with Gasteiger partial charge in [-0.25, -0.2) is 4.79 Å². The Morgan fingerprint density at radius 1 is 1.29 bits per heavy atom. The van der Waals surface area contributed by atoms with Crippen molar-refractivity contribution in [2.45, 2.75) is 4.90 Å². The topological polar surface area (TPSA) is 118 Å². The van der Waals surface area contributed by atoms with Gasteiger partial charge in [-0.1, -0.05) is 12.1 Å². The Bertz CT molecular complexity index is 419. The molecule has 8 heteroatoms. The predicted octanol–water partition coefficient (Wildman–Crippen LogP) is 0.0610. The van der Waals surface area contributed by atoms with Crippen molar-refractivity contribution < 1.29 is 29.1 Å². The van der Waals surface area contributed by atoms with Gasteiger partial charge in [0.2, 0.25) is 0 Å². The largest absolute Gasteiger partial charge is 0.756 e. The second kappa shape index (κ2) is 6.78. The molecular weight excluding hydrogens is 267 g/mol. The number of hydrogen-bond acceptors (Lipinski definition) is 3. The van der Waals surface area contributed by atoms with Crippen molar-refractivity contribution >= 4 is 24.7 Å². The highest BCUT2D eigenvalue weighted by atomic mass is 32.2. The Morgan fingerprint density at radius 3 is 2.00 bits per heavy atom. The summed E-state index contributed by atoms with van der Waals surface area (Å²) in [5, 5.41) is 8.82. The Kier molecular flexibility index (Phi) is 6.44. The van der Waals surface area contributed by atoms with E-state index < -0.39 is 13.8 Å². The molecule has 0 spiro atoms. The highest BCUT2D eigenvalue weighted by Gasteiger charge is 2.18. The number of phosphoric acid groups is 1.